The van der Waals surface area contributed by atoms with Crippen LogP contribution in [0.4, 0.5) is 5.69 Å². The van der Waals surface area contributed by atoms with Crippen LogP contribution in [-0.4, -0.2) is 98.6 Å². The summed E-state index contributed by atoms with van der Waals surface area (Å²) in [5, 5.41) is 5.93. The van der Waals surface area contributed by atoms with Crippen molar-refractivity contribution in [1.82, 2.24) is 20.4 Å². The monoisotopic (exact) mass is 443 g/mol. The maximum atomic E-state index is 12.9. The summed E-state index contributed by atoms with van der Waals surface area (Å²) < 4.78 is 4.88. The van der Waals surface area contributed by atoms with E-state index in [-0.39, 0.29) is 42.5 Å². The Morgan fingerprint density at radius 1 is 1.16 bits per heavy atom. The van der Waals surface area contributed by atoms with E-state index < -0.39 is 0 Å². The van der Waals surface area contributed by atoms with Gasteiger partial charge in [0.15, 0.2) is 0 Å². The van der Waals surface area contributed by atoms with Crippen LogP contribution in [-0.2, 0) is 19.1 Å². The molecule has 3 amide bonds. The lowest BCUT2D eigenvalue weighted by atomic mass is 10.0. The van der Waals surface area contributed by atoms with Gasteiger partial charge in [-0.05, 0) is 25.0 Å². The molecule has 3 aliphatic heterocycles. The molecular formula is C23H33N5O4. The van der Waals surface area contributed by atoms with Crippen molar-refractivity contribution in [3.05, 3.63) is 30.3 Å². The van der Waals surface area contributed by atoms with Crippen LogP contribution in [0.15, 0.2) is 30.3 Å². The van der Waals surface area contributed by atoms with Crippen molar-refractivity contribution in [2.75, 3.05) is 57.9 Å². The summed E-state index contributed by atoms with van der Waals surface area (Å²) in [6.45, 7) is 4.33. The Balaban J connectivity index is 1.25. The summed E-state index contributed by atoms with van der Waals surface area (Å²) in [7, 11) is 1.49. The fourth-order valence-electron chi connectivity index (χ4n) is 5.05. The Hall–Kier alpha value is -2.65. The predicted molar refractivity (Wildman–Crippen MR) is 120 cm³/mol. The van der Waals surface area contributed by atoms with E-state index in [1.54, 1.807) is 0 Å². The van der Waals surface area contributed by atoms with Crippen molar-refractivity contribution in [3.63, 3.8) is 0 Å². The first-order valence-electron chi connectivity index (χ1n) is 11.4. The van der Waals surface area contributed by atoms with Crippen molar-refractivity contribution >= 4 is 23.4 Å². The van der Waals surface area contributed by atoms with Gasteiger partial charge in [-0.15, -0.1) is 0 Å². The van der Waals surface area contributed by atoms with Crippen LogP contribution in [0.5, 0.6) is 0 Å². The molecule has 0 unspecified atom stereocenters. The molecule has 3 saturated heterocycles. The van der Waals surface area contributed by atoms with Gasteiger partial charge in [-0.1, -0.05) is 18.2 Å². The molecule has 0 aliphatic carbocycles. The SMILES string of the molecule is COCC(=O)N[C@H]1C[C@H]2C(=O)NC[C@@H](CCC(=O)N3CCN(c4ccccc4)CC3)N2C1. The van der Waals surface area contributed by atoms with Gasteiger partial charge >= 0.3 is 0 Å². The molecule has 0 saturated carbocycles. The number of carbonyl (C=O) groups excluding carboxylic acids is 3. The second-order valence-corrected chi connectivity index (χ2v) is 8.79. The number of fused-ring (bicyclic) bond motifs is 1. The topological polar surface area (TPSA) is 94.2 Å². The minimum atomic E-state index is -0.244. The van der Waals surface area contributed by atoms with Crippen molar-refractivity contribution in [2.45, 2.75) is 37.4 Å². The number of anilines is 1. The molecule has 1 aromatic rings. The molecule has 9 nitrogen and oxygen atoms in total. The number of piperazine rings is 2. The molecule has 3 aliphatic rings. The van der Waals surface area contributed by atoms with Crippen LogP contribution < -0.4 is 15.5 Å². The number of nitrogens with zero attached hydrogens (tertiary/aromatic N) is 3. The van der Waals surface area contributed by atoms with Gasteiger partial charge in [-0.25, -0.2) is 0 Å². The molecular weight excluding hydrogens is 410 g/mol. The maximum Gasteiger partial charge on any atom is 0.246 e. The molecule has 32 heavy (non-hydrogen) atoms. The van der Waals surface area contributed by atoms with E-state index in [1.165, 1.54) is 12.8 Å². The van der Waals surface area contributed by atoms with Crippen LogP contribution in [0.25, 0.3) is 0 Å². The standard InChI is InChI=1S/C23H33N5O4/c1-32-16-21(29)25-17-13-20-23(31)24-14-19(28(20)15-17)7-8-22(30)27-11-9-26(10-12-27)18-5-3-2-4-6-18/h2-6,17,19-20H,7-16H2,1H3,(H,24,31)(H,25,29)/t17-,19+,20-/m0/s1. The van der Waals surface area contributed by atoms with Crippen molar-refractivity contribution in [2.24, 2.45) is 0 Å². The molecule has 2 N–H and O–H groups in total. The van der Waals surface area contributed by atoms with E-state index in [0.717, 1.165) is 26.2 Å². The highest BCUT2D eigenvalue weighted by molar-refractivity contribution is 5.84. The summed E-state index contributed by atoms with van der Waals surface area (Å²) in [5.41, 5.74) is 1.20. The number of para-hydroxylation sites is 1. The maximum absolute atomic E-state index is 12.9. The number of amides is 3. The van der Waals surface area contributed by atoms with Crippen LogP contribution in [0.1, 0.15) is 19.3 Å². The van der Waals surface area contributed by atoms with E-state index in [4.69, 9.17) is 4.74 Å². The van der Waals surface area contributed by atoms with Crippen molar-refractivity contribution < 1.29 is 19.1 Å². The molecule has 9 heteroatoms. The van der Waals surface area contributed by atoms with Crippen LogP contribution >= 0.6 is 0 Å². The highest BCUT2D eigenvalue weighted by atomic mass is 16.5. The number of carbonyl (C=O) groups is 3. The fourth-order valence-corrected chi connectivity index (χ4v) is 5.05. The zero-order chi connectivity index (χ0) is 22.5. The molecule has 3 fully saturated rings. The average Bonchev–Trinajstić information content (AvgIpc) is 3.24. The number of ether oxygens (including phenoxy) is 1. The Morgan fingerprint density at radius 2 is 1.91 bits per heavy atom. The summed E-state index contributed by atoms with van der Waals surface area (Å²) in [6.07, 6.45) is 1.76. The van der Waals surface area contributed by atoms with Gasteiger partial charge in [-0.3, -0.25) is 19.3 Å². The highest BCUT2D eigenvalue weighted by Crippen LogP contribution is 2.26. The molecule has 1 aromatic carbocycles. The Morgan fingerprint density at radius 3 is 2.62 bits per heavy atom. The summed E-state index contributed by atoms with van der Waals surface area (Å²) in [6, 6.07) is 10.1. The third kappa shape index (κ3) is 5.21. The summed E-state index contributed by atoms with van der Waals surface area (Å²) in [5.74, 6) is 0.0162. The van der Waals surface area contributed by atoms with Gasteiger partial charge in [-0.2, -0.15) is 0 Å². The summed E-state index contributed by atoms with van der Waals surface area (Å²) >= 11 is 0. The number of methoxy groups -OCH3 is 1. The molecule has 3 heterocycles. The first-order chi connectivity index (χ1) is 15.5. The molecule has 0 radical (unpaired) electrons. The van der Waals surface area contributed by atoms with Crippen LogP contribution in [0.2, 0.25) is 0 Å². The number of benzene rings is 1. The Labute approximate surface area is 189 Å². The third-order valence-corrected chi connectivity index (χ3v) is 6.71. The van der Waals surface area contributed by atoms with Gasteiger partial charge in [0.25, 0.3) is 0 Å². The minimum absolute atomic E-state index is 0.00750. The van der Waals surface area contributed by atoms with E-state index in [0.29, 0.717) is 32.4 Å². The minimum Gasteiger partial charge on any atom is -0.375 e. The van der Waals surface area contributed by atoms with Gasteiger partial charge in [0, 0.05) is 70.6 Å². The lowest BCUT2D eigenvalue weighted by Crippen LogP contribution is -2.58. The molecule has 0 aromatic heterocycles. The zero-order valence-electron chi connectivity index (χ0n) is 18.7. The summed E-state index contributed by atoms with van der Waals surface area (Å²) in [4.78, 5) is 43.5. The number of hydrogen-bond donors (Lipinski definition) is 2. The second-order valence-electron chi connectivity index (χ2n) is 8.79. The van der Waals surface area contributed by atoms with Crippen molar-refractivity contribution in [1.29, 1.82) is 0 Å². The molecule has 0 spiro atoms. The lowest BCUT2D eigenvalue weighted by molar-refractivity contribution is -0.132. The van der Waals surface area contributed by atoms with Gasteiger partial charge in [0.1, 0.15) is 6.61 Å². The Kier molecular flexibility index (Phi) is 7.26. The van der Waals surface area contributed by atoms with E-state index in [9.17, 15) is 14.4 Å². The molecule has 4 rings (SSSR count). The normalized spacial score (nSPS) is 25.9. The van der Waals surface area contributed by atoms with Crippen molar-refractivity contribution in [3.8, 4) is 0 Å². The number of hydrogen-bond acceptors (Lipinski definition) is 6. The zero-order valence-corrected chi connectivity index (χ0v) is 18.7. The number of rotatable bonds is 7. The second kappa shape index (κ2) is 10.3. The lowest BCUT2D eigenvalue weighted by Gasteiger charge is -2.38. The first kappa shape index (κ1) is 22.5. The average molecular weight is 444 g/mol. The van der Waals surface area contributed by atoms with E-state index in [2.05, 4.69) is 32.6 Å². The van der Waals surface area contributed by atoms with Gasteiger partial charge in [0.05, 0.1) is 6.04 Å². The first-order valence-corrected chi connectivity index (χ1v) is 11.4. The highest BCUT2D eigenvalue weighted by Gasteiger charge is 2.43. The quantitative estimate of drug-likeness (QED) is 0.607. The van der Waals surface area contributed by atoms with Crippen LogP contribution in [0, 0.1) is 0 Å². The van der Waals surface area contributed by atoms with Crippen LogP contribution in [0.3, 0.4) is 0 Å². The largest absolute Gasteiger partial charge is 0.375 e. The van der Waals surface area contributed by atoms with E-state index in [1.807, 2.05) is 23.1 Å². The van der Waals surface area contributed by atoms with Gasteiger partial charge < -0.3 is 25.2 Å². The molecule has 174 valence electrons. The van der Waals surface area contributed by atoms with E-state index >= 15 is 0 Å². The fraction of sp³-hybridized carbons (Fsp3) is 0.609. The smallest absolute Gasteiger partial charge is 0.246 e. The van der Waals surface area contributed by atoms with Gasteiger partial charge in [0.2, 0.25) is 17.7 Å². The predicted octanol–water partition coefficient (Wildman–Crippen LogP) is -0.181. The third-order valence-electron chi connectivity index (χ3n) is 6.71. The number of nitrogens with one attached hydrogen (secondary N) is 2. The Bertz CT molecular complexity index is 812. The molecule has 0 bridgehead atoms. The molecule has 3 atom stereocenters.